The van der Waals surface area contributed by atoms with E-state index in [4.69, 9.17) is 15.6 Å². The van der Waals surface area contributed by atoms with E-state index in [1.165, 1.54) is 0 Å². The first-order valence-corrected chi connectivity index (χ1v) is 9.71. The smallest absolute Gasteiger partial charge is 0.158 e. The number of aromatic nitrogens is 2. The van der Waals surface area contributed by atoms with Crippen molar-refractivity contribution in [3.05, 3.63) is 65.8 Å². The van der Waals surface area contributed by atoms with Gasteiger partial charge in [-0.3, -0.25) is 15.0 Å². The van der Waals surface area contributed by atoms with Crippen molar-refractivity contribution in [1.29, 1.82) is 0 Å². The molecule has 1 heterocycles. The monoisotopic (exact) mass is 411 g/mol. The first kappa shape index (κ1) is 24.8. The van der Waals surface area contributed by atoms with Crippen molar-refractivity contribution in [2.75, 3.05) is 19.5 Å². The van der Waals surface area contributed by atoms with Gasteiger partial charge >= 0.3 is 0 Å². The van der Waals surface area contributed by atoms with Crippen LogP contribution in [-0.4, -0.2) is 34.8 Å². The first-order valence-electron chi connectivity index (χ1n) is 9.71. The second kappa shape index (κ2) is 12.3. The third-order valence-corrected chi connectivity index (χ3v) is 4.48. The average Bonchev–Trinajstić information content (AvgIpc) is 2.68. The summed E-state index contributed by atoms with van der Waals surface area (Å²) in [5.41, 5.74) is 12.1. The molecule has 0 saturated carbocycles. The molecule has 2 aromatic carbocycles. The van der Waals surface area contributed by atoms with Crippen LogP contribution in [0.4, 0.5) is 5.69 Å². The van der Waals surface area contributed by atoms with Crippen LogP contribution in [0.1, 0.15) is 36.5 Å². The third kappa shape index (κ3) is 8.01. The lowest BCUT2D eigenvalue weighted by Crippen LogP contribution is -2.00. The Morgan fingerprint density at radius 2 is 1.80 bits per heavy atom. The van der Waals surface area contributed by atoms with Crippen LogP contribution < -0.4 is 5.73 Å². The van der Waals surface area contributed by atoms with Crippen LogP contribution >= 0.6 is 0 Å². The van der Waals surface area contributed by atoms with Crippen molar-refractivity contribution >= 4 is 28.6 Å². The van der Waals surface area contributed by atoms with E-state index in [1.807, 2.05) is 32.1 Å². The molecule has 0 aliphatic carbocycles. The van der Waals surface area contributed by atoms with Gasteiger partial charge < -0.3 is 15.6 Å². The number of nitrogen functional groups attached to an aromatic ring is 1. The zero-order valence-electron chi connectivity index (χ0n) is 18.3. The number of fused-ring (bicyclic) bond motifs is 1. The fourth-order valence-electron chi connectivity index (χ4n) is 2.39. The van der Waals surface area contributed by atoms with Gasteiger partial charge in [-0.25, -0.2) is 0 Å². The molecular weight excluding hydrogens is 378 g/mol. The number of H-pyrrole nitrogens is 2. The summed E-state index contributed by atoms with van der Waals surface area (Å²) in [5.74, 6) is 0.306. The quantitative estimate of drug-likeness (QED) is 0.191. The van der Waals surface area contributed by atoms with E-state index >= 15 is 0 Å². The largest absolute Gasteiger partial charge is 0.506 e. The molecule has 0 bridgehead atoms. The predicted molar refractivity (Wildman–Crippen MR) is 126 cm³/mol. The van der Waals surface area contributed by atoms with E-state index in [-0.39, 0.29) is 11.5 Å². The van der Waals surface area contributed by atoms with Crippen molar-refractivity contribution in [2.45, 2.75) is 33.6 Å². The minimum Gasteiger partial charge on any atom is -0.506 e. The first-order chi connectivity index (χ1) is 14.2. The van der Waals surface area contributed by atoms with Gasteiger partial charge in [-0.15, -0.1) is 0 Å². The molecule has 30 heavy (non-hydrogen) atoms. The molecule has 3 aromatic rings. The van der Waals surface area contributed by atoms with Gasteiger partial charge in [0.1, 0.15) is 5.75 Å². The number of phenols is 1. The van der Waals surface area contributed by atoms with Gasteiger partial charge in [-0.1, -0.05) is 25.3 Å². The summed E-state index contributed by atoms with van der Waals surface area (Å²) < 4.78 is 4.79. The van der Waals surface area contributed by atoms with E-state index in [1.54, 1.807) is 26.2 Å². The zero-order valence-corrected chi connectivity index (χ0v) is 18.3. The number of ether oxygens (including phenoxy) is 1. The summed E-state index contributed by atoms with van der Waals surface area (Å²) in [4.78, 5) is 10.9. The lowest BCUT2D eigenvalue weighted by molar-refractivity contribution is -0.115. The predicted octanol–water partition coefficient (Wildman–Crippen LogP) is 5.29. The van der Waals surface area contributed by atoms with Crippen LogP contribution in [0, 0.1) is 13.8 Å². The number of anilines is 1. The van der Waals surface area contributed by atoms with E-state index in [0.29, 0.717) is 24.3 Å². The van der Waals surface area contributed by atoms with Gasteiger partial charge in [0, 0.05) is 20.1 Å². The SMILES string of the molecule is C=C(C)C(=O)CCCOC.C=Cc1ccc2[nH][nH]c2c1.Cc1cc(N)c(O)cc1C. The number of ketones is 1. The number of hydrogen-bond acceptors (Lipinski definition) is 4. The molecule has 0 unspecified atom stereocenters. The third-order valence-electron chi connectivity index (χ3n) is 4.48. The van der Waals surface area contributed by atoms with Crippen LogP contribution in [0.15, 0.2) is 49.1 Å². The number of hydrogen-bond donors (Lipinski definition) is 4. The molecule has 0 saturated heterocycles. The molecule has 0 radical (unpaired) electrons. The fraction of sp³-hybridized carbons (Fsp3) is 0.292. The Hall–Kier alpha value is -3.25. The maximum absolute atomic E-state index is 10.9. The lowest BCUT2D eigenvalue weighted by atomic mass is 10.1. The fourth-order valence-corrected chi connectivity index (χ4v) is 2.39. The summed E-state index contributed by atoms with van der Waals surface area (Å²) in [6.07, 6.45) is 3.19. The number of methoxy groups -OCH3 is 1. The lowest BCUT2D eigenvalue weighted by Gasteiger charge is -2.02. The maximum Gasteiger partial charge on any atom is 0.158 e. The molecule has 0 spiro atoms. The number of benzene rings is 2. The molecule has 0 fully saturated rings. The van der Waals surface area contributed by atoms with Crippen molar-refractivity contribution < 1.29 is 14.6 Å². The van der Waals surface area contributed by atoms with Gasteiger partial charge in [0.05, 0.1) is 16.7 Å². The summed E-state index contributed by atoms with van der Waals surface area (Å²) in [6, 6.07) is 9.55. The highest BCUT2D eigenvalue weighted by atomic mass is 16.5. The Labute approximate surface area is 178 Å². The highest BCUT2D eigenvalue weighted by Gasteiger charge is 2.00. The number of nitrogens with one attached hydrogen (secondary N) is 2. The zero-order chi connectivity index (χ0) is 22.7. The normalized spacial score (nSPS) is 9.87. The van der Waals surface area contributed by atoms with Crippen LogP contribution in [0.3, 0.4) is 0 Å². The van der Waals surface area contributed by atoms with E-state index in [2.05, 4.69) is 29.4 Å². The minimum atomic E-state index is 0.136. The molecule has 0 aliphatic rings. The second-order valence-corrected chi connectivity index (χ2v) is 7.05. The minimum absolute atomic E-state index is 0.136. The molecule has 5 N–H and O–H groups in total. The number of aromatic amines is 2. The molecule has 0 amide bonds. The molecule has 0 aliphatic heterocycles. The summed E-state index contributed by atoms with van der Waals surface area (Å²) in [7, 11) is 1.63. The standard InChI is InChI=1S/C8H8N2.C8H11NO.C8H14O2/c1-2-6-3-4-7-8(5-6)10-9-7;1-5-3-7(9)8(10)4-6(5)2;1-7(2)8(9)5-4-6-10-3/h2-5,9-10H,1H2;3-4,10H,9H2,1-2H3;1,4-6H2,2-3H3. The van der Waals surface area contributed by atoms with Gasteiger partial charge in [-0.2, -0.15) is 0 Å². The number of nitrogens with two attached hydrogens (primary N) is 1. The van der Waals surface area contributed by atoms with Crippen molar-refractivity contribution in [3.63, 3.8) is 0 Å². The maximum atomic E-state index is 10.9. The van der Waals surface area contributed by atoms with Gasteiger partial charge in [-0.05, 0) is 73.7 Å². The number of aromatic hydroxyl groups is 1. The number of carbonyl (C=O) groups is 1. The van der Waals surface area contributed by atoms with Gasteiger partial charge in [0.25, 0.3) is 0 Å². The Morgan fingerprint density at radius 3 is 2.27 bits per heavy atom. The number of rotatable bonds is 6. The summed E-state index contributed by atoms with van der Waals surface area (Å²) in [6.45, 7) is 13.5. The Bertz CT molecular complexity index is 933. The Balaban J connectivity index is 0.000000225. The van der Waals surface area contributed by atoms with Crippen LogP contribution in [0.2, 0.25) is 0 Å². The number of phenolic OH excluding ortho intramolecular Hbond substituents is 1. The summed E-state index contributed by atoms with van der Waals surface area (Å²) >= 11 is 0. The van der Waals surface area contributed by atoms with Crippen molar-refractivity contribution in [3.8, 4) is 5.75 Å². The topological polar surface area (TPSA) is 104 Å². The van der Waals surface area contributed by atoms with Crippen LogP contribution in [0.25, 0.3) is 17.1 Å². The van der Waals surface area contributed by atoms with Crippen LogP contribution in [-0.2, 0) is 9.53 Å². The molecule has 6 heteroatoms. The highest BCUT2D eigenvalue weighted by Crippen LogP contribution is 2.23. The Kier molecular flexibility index (Phi) is 10.2. The second-order valence-electron chi connectivity index (χ2n) is 7.05. The number of Topliss-reactive ketones (excluding diaryl/α,β-unsaturated/α-hetero) is 1. The highest BCUT2D eigenvalue weighted by molar-refractivity contribution is 5.94. The van der Waals surface area contributed by atoms with Crippen LogP contribution in [0.5, 0.6) is 5.75 Å². The van der Waals surface area contributed by atoms with Crippen molar-refractivity contribution in [1.82, 2.24) is 10.2 Å². The average molecular weight is 412 g/mol. The van der Waals surface area contributed by atoms with E-state index in [0.717, 1.165) is 34.1 Å². The molecular formula is C24H33N3O3. The van der Waals surface area contributed by atoms with Gasteiger partial charge in [0.15, 0.2) is 5.78 Å². The molecule has 6 nitrogen and oxygen atoms in total. The Morgan fingerprint density at radius 1 is 1.17 bits per heavy atom. The molecule has 3 rings (SSSR count). The van der Waals surface area contributed by atoms with Gasteiger partial charge in [0.2, 0.25) is 0 Å². The number of carbonyl (C=O) groups excluding carboxylic acids is 1. The van der Waals surface area contributed by atoms with E-state index in [9.17, 15) is 4.79 Å². The number of aryl methyl sites for hydroxylation is 2. The van der Waals surface area contributed by atoms with E-state index < -0.39 is 0 Å². The van der Waals surface area contributed by atoms with Crippen molar-refractivity contribution in [2.24, 2.45) is 0 Å². The summed E-state index contributed by atoms with van der Waals surface area (Å²) in [5, 5.41) is 15.0. The molecule has 162 valence electrons. The molecule has 1 aromatic heterocycles. The number of allylic oxidation sites excluding steroid dienone is 1. The molecule has 0 atom stereocenters.